The van der Waals surface area contributed by atoms with Crippen molar-refractivity contribution in [2.75, 3.05) is 6.61 Å². The van der Waals surface area contributed by atoms with Crippen molar-refractivity contribution >= 4 is 16.7 Å². The Morgan fingerprint density at radius 2 is 2.00 bits per heavy atom. The fourth-order valence-corrected chi connectivity index (χ4v) is 2.85. The molecular formula is C16H13N3O2. The average Bonchev–Trinajstić information content (AvgIpc) is 2.83. The van der Waals surface area contributed by atoms with Crippen molar-refractivity contribution in [3.8, 4) is 5.95 Å². The van der Waals surface area contributed by atoms with E-state index in [1.54, 1.807) is 18.5 Å². The van der Waals surface area contributed by atoms with Crippen molar-refractivity contribution in [3.63, 3.8) is 0 Å². The minimum Gasteiger partial charge on any atom is -0.367 e. The van der Waals surface area contributed by atoms with Crippen LogP contribution in [-0.4, -0.2) is 26.9 Å². The van der Waals surface area contributed by atoms with E-state index in [1.165, 1.54) is 0 Å². The topological polar surface area (TPSA) is 57.0 Å². The first-order valence-corrected chi connectivity index (χ1v) is 6.78. The molecule has 5 heteroatoms. The van der Waals surface area contributed by atoms with Crippen LogP contribution in [0, 0.1) is 6.92 Å². The quantitative estimate of drug-likeness (QED) is 0.686. The van der Waals surface area contributed by atoms with Gasteiger partial charge < -0.3 is 4.74 Å². The summed E-state index contributed by atoms with van der Waals surface area (Å²) in [6, 6.07) is 7.84. The fourth-order valence-electron chi connectivity index (χ4n) is 2.85. The monoisotopic (exact) mass is 279 g/mol. The maximum atomic E-state index is 12.3. The van der Waals surface area contributed by atoms with Gasteiger partial charge in [0.2, 0.25) is 5.95 Å². The molecule has 1 aliphatic heterocycles. The SMILES string of the molecule is Cc1ccc2c(c1)c1c(n2-c2ncccn2)COCC1=O. The van der Waals surface area contributed by atoms with Crippen LogP contribution in [-0.2, 0) is 11.3 Å². The summed E-state index contributed by atoms with van der Waals surface area (Å²) in [7, 11) is 0. The average molecular weight is 279 g/mol. The molecule has 1 aliphatic rings. The standard InChI is InChI=1S/C16H13N3O2/c1-10-3-4-12-11(7-10)15-13(8-21-9-14(15)20)19(12)16-17-5-2-6-18-16/h2-7H,8-9H2,1H3. The molecule has 3 heterocycles. The van der Waals surface area contributed by atoms with E-state index in [4.69, 9.17) is 4.74 Å². The number of nitrogens with zero attached hydrogens (tertiary/aromatic N) is 3. The smallest absolute Gasteiger partial charge is 0.234 e. The summed E-state index contributed by atoms with van der Waals surface area (Å²) in [5, 5.41) is 0.950. The zero-order valence-corrected chi connectivity index (χ0v) is 11.5. The molecule has 0 amide bonds. The van der Waals surface area contributed by atoms with E-state index >= 15 is 0 Å². The van der Waals surface area contributed by atoms with Crippen LogP contribution in [0.3, 0.4) is 0 Å². The third-order valence-corrected chi connectivity index (χ3v) is 3.72. The molecule has 1 aromatic carbocycles. The van der Waals surface area contributed by atoms with Crippen LogP contribution in [0.4, 0.5) is 0 Å². The highest BCUT2D eigenvalue weighted by atomic mass is 16.5. The summed E-state index contributed by atoms with van der Waals surface area (Å²) in [6.07, 6.45) is 3.39. The number of carbonyl (C=O) groups excluding carboxylic acids is 1. The first-order valence-electron chi connectivity index (χ1n) is 6.78. The van der Waals surface area contributed by atoms with Crippen LogP contribution in [0.2, 0.25) is 0 Å². The van der Waals surface area contributed by atoms with Crippen LogP contribution in [0.1, 0.15) is 21.6 Å². The number of benzene rings is 1. The van der Waals surface area contributed by atoms with Crippen LogP contribution < -0.4 is 0 Å². The molecule has 4 rings (SSSR count). The van der Waals surface area contributed by atoms with Crippen molar-refractivity contribution in [1.82, 2.24) is 14.5 Å². The number of aryl methyl sites for hydroxylation is 1. The molecular weight excluding hydrogens is 266 g/mol. The Labute approximate surface area is 121 Å². The van der Waals surface area contributed by atoms with Crippen molar-refractivity contribution in [1.29, 1.82) is 0 Å². The van der Waals surface area contributed by atoms with Crippen molar-refractivity contribution in [3.05, 3.63) is 53.5 Å². The lowest BCUT2D eigenvalue weighted by atomic mass is 10.0. The molecule has 0 unspecified atom stereocenters. The molecule has 0 spiro atoms. The molecule has 104 valence electrons. The normalized spacial score (nSPS) is 14.4. The van der Waals surface area contributed by atoms with Gasteiger partial charge in [-0.05, 0) is 25.1 Å². The van der Waals surface area contributed by atoms with E-state index in [0.717, 1.165) is 27.7 Å². The van der Waals surface area contributed by atoms with Gasteiger partial charge in [0, 0.05) is 17.8 Å². The summed E-state index contributed by atoms with van der Waals surface area (Å²) in [5.74, 6) is 0.576. The number of ketones is 1. The summed E-state index contributed by atoms with van der Waals surface area (Å²) in [5.41, 5.74) is 3.64. The molecule has 0 radical (unpaired) electrons. The lowest BCUT2D eigenvalue weighted by molar-refractivity contribution is 0.0656. The first kappa shape index (κ1) is 12.2. The highest BCUT2D eigenvalue weighted by molar-refractivity contribution is 6.11. The Morgan fingerprint density at radius 3 is 2.81 bits per heavy atom. The number of hydrogen-bond donors (Lipinski definition) is 0. The first-order chi connectivity index (χ1) is 10.3. The van der Waals surface area contributed by atoms with Crippen LogP contribution in [0.15, 0.2) is 36.7 Å². The molecule has 2 aromatic heterocycles. The van der Waals surface area contributed by atoms with Gasteiger partial charge in [-0.2, -0.15) is 0 Å². The van der Waals surface area contributed by atoms with Gasteiger partial charge in [-0.25, -0.2) is 9.97 Å². The molecule has 5 nitrogen and oxygen atoms in total. The fraction of sp³-hybridized carbons (Fsp3) is 0.188. The number of carbonyl (C=O) groups is 1. The Bertz CT molecular complexity index is 853. The van der Waals surface area contributed by atoms with E-state index in [-0.39, 0.29) is 12.4 Å². The van der Waals surface area contributed by atoms with Crippen LogP contribution in [0.25, 0.3) is 16.9 Å². The highest BCUT2D eigenvalue weighted by Crippen LogP contribution is 2.32. The largest absolute Gasteiger partial charge is 0.367 e. The number of ether oxygens (including phenoxy) is 1. The van der Waals surface area contributed by atoms with Crippen molar-refractivity contribution in [2.45, 2.75) is 13.5 Å². The molecule has 0 bridgehead atoms. The van der Waals surface area contributed by atoms with E-state index in [1.807, 2.05) is 29.7 Å². The van der Waals surface area contributed by atoms with Gasteiger partial charge in [-0.3, -0.25) is 9.36 Å². The summed E-state index contributed by atoms with van der Waals surface area (Å²) in [4.78, 5) is 20.9. The van der Waals surface area contributed by atoms with Gasteiger partial charge in [-0.15, -0.1) is 0 Å². The Balaban J connectivity index is 2.13. The van der Waals surface area contributed by atoms with Gasteiger partial charge in [0.1, 0.15) is 6.61 Å². The van der Waals surface area contributed by atoms with Crippen LogP contribution in [0.5, 0.6) is 0 Å². The lowest BCUT2D eigenvalue weighted by Crippen LogP contribution is -2.19. The van der Waals surface area contributed by atoms with Crippen molar-refractivity contribution < 1.29 is 9.53 Å². The molecule has 0 aliphatic carbocycles. The third kappa shape index (κ3) is 1.78. The zero-order chi connectivity index (χ0) is 14.4. The number of rotatable bonds is 1. The Morgan fingerprint density at radius 1 is 1.19 bits per heavy atom. The van der Waals surface area contributed by atoms with E-state index in [9.17, 15) is 4.79 Å². The zero-order valence-electron chi connectivity index (χ0n) is 11.5. The van der Waals surface area contributed by atoms with Gasteiger partial charge >= 0.3 is 0 Å². The molecule has 21 heavy (non-hydrogen) atoms. The second kappa shape index (κ2) is 4.49. The summed E-state index contributed by atoms with van der Waals surface area (Å²) < 4.78 is 7.32. The molecule has 0 saturated heterocycles. The number of Topliss-reactive ketones (excluding diaryl/α,β-unsaturated/α-hetero) is 1. The van der Waals surface area contributed by atoms with E-state index in [2.05, 4.69) is 9.97 Å². The van der Waals surface area contributed by atoms with Gasteiger partial charge in [0.15, 0.2) is 5.78 Å². The number of fused-ring (bicyclic) bond motifs is 3. The molecule has 0 N–H and O–H groups in total. The molecule has 3 aromatic rings. The minimum absolute atomic E-state index is 0.0153. The molecule has 0 atom stereocenters. The number of hydrogen-bond acceptors (Lipinski definition) is 4. The third-order valence-electron chi connectivity index (χ3n) is 3.72. The Kier molecular flexibility index (Phi) is 2.62. The molecule has 0 fully saturated rings. The minimum atomic E-state index is 0.0153. The summed E-state index contributed by atoms with van der Waals surface area (Å²) in [6.45, 7) is 2.55. The second-order valence-electron chi connectivity index (χ2n) is 5.14. The maximum absolute atomic E-state index is 12.3. The van der Waals surface area contributed by atoms with Crippen LogP contribution >= 0.6 is 0 Å². The molecule has 0 saturated carbocycles. The second-order valence-corrected chi connectivity index (χ2v) is 5.14. The Hall–Kier alpha value is -2.53. The highest BCUT2D eigenvalue weighted by Gasteiger charge is 2.27. The number of aromatic nitrogens is 3. The predicted octanol–water partition coefficient (Wildman–Crippen LogP) is 2.44. The van der Waals surface area contributed by atoms with E-state index < -0.39 is 0 Å². The van der Waals surface area contributed by atoms with Gasteiger partial charge in [0.05, 0.1) is 23.4 Å². The van der Waals surface area contributed by atoms with Crippen molar-refractivity contribution in [2.24, 2.45) is 0 Å². The summed E-state index contributed by atoms with van der Waals surface area (Å²) >= 11 is 0. The lowest BCUT2D eigenvalue weighted by Gasteiger charge is -2.14. The van der Waals surface area contributed by atoms with E-state index in [0.29, 0.717) is 12.6 Å². The maximum Gasteiger partial charge on any atom is 0.234 e. The van der Waals surface area contributed by atoms with Gasteiger partial charge in [-0.1, -0.05) is 11.6 Å². The predicted molar refractivity (Wildman–Crippen MR) is 77.6 cm³/mol. The van der Waals surface area contributed by atoms with Gasteiger partial charge in [0.25, 0.3) is 0 Å².